The first-order valence-corrected chi connectivity index (χ1v) is 9.16. The van der Waals surface area contributed by atoms with Gasteiger partial charge in [0.25, 0.3) is 5.91 Å². The van der Waals surface area contributed by atoms with Crippen molar-refractivity contribution in [3.63, 3.8) is 0 Å². The summed E-state index contributed by atoms with van der Waals surface area (Å²) in [6.45, 7) is 0. The Morgan fingerprint density at radius 2 is 1.52 bits per heavy atom. The van der Waals surface area contributed by atoms with Gasteiger partial charge < -0.3 is 5.11 Å². The maximum absolute atomic E-state index is 13.2. The molecule has 0 unspecified atom stereocenters. The van der Waals surface area contributed by atoms with Crippen LogP contribution < -0.4 is 0 Å². The normalized spacial score (nSPS) is 10.7. The van der Waals surface area contributed by atoms with E-state index in [-0.39, 0.29) is 17.2 Å². The zero-order valence-corrected chi connectivity index (χ0v) is 15.8. The van der Waals surface area contributed by atoms with Crippen molar-refractivity contribution < 1.29 is 9.90 Å². The van der Waals surface area contributed by atoms with Crippen molar-refractivity contribution in [3.05, 3.63) is 95.2 Å². The summed E-state index contributed by atoms with van der Waals surface area (Å²) in [5.41, 5.74) is 3.40. The first-order valence-electron chi connectivity index (χ1n) is 8.36. The van der Waals surface area contributed by atoms with E-state index in [2.05, 4.69) is 20.9 Å². The summed E-state index contributed by atoms with van der Waals surface area (Å²) in [7, 11) is 0. The van der Waals surface area contributed by atoms with Gasteiger partial charge >= 0.3 is 0 Å². The summed E-state index contributed by atoms with van der Waals surface area (Å²) in [6, 6.07) is 24.2. The molecule has 132 valence electrons. The van der Waals surface area contributed by atoms with Crippen LogP contribution in [0.1, 0.15) is 10.4 Å². The number of phenols is 1. The van der Waals surface area contributed by atoms with E-state index >= 15 is 0 Å². The number of aromatic hydroxyl groups is 1. The molecule has 27 heavy (non-hydrogen) atoms. The van der Waals surface area contributed by atoms with E-state index in [1.54, 1.807) is 12.1 Å². The van der Waals surface area contributed by atoms with Crippen LogP contribution in [0.25, 0.3) is 22.5 Å². The third-order valence-corrected chi connectivity index (χ3v) is 4.76. The molecular formula is C22H15BrN2O2. The van der Waals surface area contributed by atoms with E-state index < -0.39 is 0 Å². The second-order valence-corrected chi connectivity index (χ2v) is 6.93. The Balaban J connectivity index is 1.93. The topological polar surface area (TPSA) is 55.1 Å². The highest BCUT2D eigenvalue weighted by atomic mass is 79.9. The third kappa shape index (κ3) is 3.29. The van der Waals surface area contributed by atoms with Crippen LogP contribution in [-0.2, 0) is 0 Å². The molecule has 0 atom stereocenters. The molecule has 0 fully saturated rings. The predicted octanol–water partition coefficient (Wildman–Crippen LogP) is 5.37. The molecule has 4 nitrogen and oxygen atoms in total. The Kier molecular flexibility index (Phi) is 4.60. The fourth-order valence-electron chi connectivity index (χ4n) is 2.99. The van der Waals surface area contributed by atoms with Crippen LogP contribution in [0.2, 0.25) is 0 Å². The van der Waals surface area contributed by atoms with Crippen molar-refractivity contribution in [2.75, 3.05) is 0 Å². The Bertz CT molecular complexity index is 1110. The van der Waals surface area contributed by atoms with E-state index in [9.17, 15) is 9.90 Å². The molecule has 0 saturated heterocycles. The molecule has 1 aromatic heterocycles. The zero-order valence-electron chi connectivity index (χ0n) is 14.2. The maximum atomic E-state index is 13.2. The van der Waals surface area contributed by atoms with Crippen LogP contribution in [0.3, 0.4) is 0 Å². The van der Waals surface area contributed by atoms with Crippen molar-refractivity contribution in [1.82, 2.24) is 9.55 Å². The van der Waals surface area contributed by atoms with Crippen molar-refractivity contribution in [2.24, 2.45) is 0 Å². The van der Waals surface area contributed by atoms with Gasteiger partial charge in [-0.2, -0.15) is 0 Å². The van der Waals surface area contributed by atoms with Gasteiger partial charge in [0, 0.05) is 15.6 Å². The van der Waals surface area contributed by atoms with E-state index in [0.29, 0.717) is 15.9 Å². The molecule has 1 N–H and O–H groups in total. The average Bonchev–Trinajstić information content (AvgIpc) is 3.16. The highest BCUT2D eigenvalue weighted by molar-refractivity contribution is 9.10. The number of nitrogens with zero attached hydrogens (tertiary/aromatic N) is 2. The number of halogens is 1. The number of phenolic OH excluding ortho intramolecular Hbond substituents is 1. The first kappa shape index (κ1) is 17.2. The Labute approximate surface area is 164 Å². The summed E-state index contributed by atoms with van der Waals surface area (Å²) >= 11 is 3.35. The second-order valence-electron chi connectivity index (χ2n) is 6.01. The minimum absolute atomic E-state index is 0.0721. The largest absolute Gasteiger partial charge is 0.507 e. The lowest BCUT2D eigenvalue weighted by molar-refractivity contribution is 0.0959. The SMILES string of the molecule is O=C(c1cc(Br)ccc1O)n1cnc(-c2ccccc2)c1-c1ccccc1. The van der Waals surface area contributed by atoms with E-state index in [0.717, 1.165) is 11.1 Å². The minimum Gasteiger partial charge on any atom is -0.507 e. The molecule has 0 saturated carbocycles. The zero-order chi connectivity index (χ0) is 18.8. The molecule has 0 aliphatic rings. The fraction of sp³-hybridized carbons (Fsp3) is 0. The molecule has 5 heteroatoms. The molecular weight excluding hydrogens is 404 g/mol. The molecule has 1 heterocycles. The van der Waals surface area contributed by atoms with Gasteiger partial charge in [-0.15, -0.1) is 0 Å². The maximum Gasteiger partial charge on any atom is 0.267 e. The van der Waals surface area contributed by atoms with E-state index in [1.165, 1.54) is 17.0 Å². The molecule has 0 aliphatic heterocycles. The van der Waals surface area contributed by atoms with Crippen molar-refractivity contribution in [3.8, 4) is 28.3 Å². The molecule has 0 amide bonds. The average molecular weight is 419 g/mol. The predicted molar refractivity (Wildman–Crippen MR) is 109 cm³/mol. The lowest BCUT2D eigenvalue weighted by Crippen LogP contribution is -2.12. The quantitative estimate of drug-likeness (QED) is 0.486. The summed E-state index contributed by atoms with van der Waals surface area (Å²) in [6.07, 6.45) is 1.51. The van der Waals surface area contributed by atoms with Crippen LogP contribution in [0, 0.1) is 0 Å². The van der Waals surface area contributed by atoms with Crippen molar-refractivity contribution >= 4 is 21.8 Å². The first-order chi connectivity index (χ1) is 13.1. The van der Waals surface area contributed by atoms with Gasteiger partial charge in [0.2, 0.25) is 0 Å². The number of imidazole rings is 1. The summed E-state index contributed by atoms with van der Waals surface area (Å²) in [4.78, 5) is 17.7. The molecule has 3 aromatic carbocycles. The van der Waals surface area contributed by atoms with Crippen molar-refractivity contribution in [1.29, 1.82) is 0 Å². The Hall–Kier alpha value is -3.18. The van der Waals surface area contributed by atoms with Gasteiger partial charge in [0.15, 0.2) is 0 Å². The highest BCUT2D eigenvalue weighted by Crippen LogP contribution is 2.32. The van der Waals surface area contributed by atoms with Gasteiger partial charge in [-0.05, 0) is 18.2 Å². The number of rotatable bonds is 3. The number of carbonyl (C=O) groups is 1. The van der Waals surface area contributed by atoms with Crippen molar-refractivity contribution in [2.45, 2.75) is 0 Å². The molecule has 0 spiro atoms. The van der Waals surface area contributed by atoms with Crippen LogP contribution in [-0.4, -0.2) is 20.6 Å². The van der Waals surface area contributed by atoms with Gasteiger partial charge in [0.1, 0.15) is 12.1 Å². The van der Waals surface area contributed by atoms with Crippen LogP contribution >= 0.6 is 15.9 Å². The Morgan fingerprint density at radius 1 is 0.889 bits per heavy atom. The van der Waals surface area contributed by atoms with E-state index in [4.69, 9.17) is 0 Å². The second kappa shape index (κ2) is 7.21. The van der Waals surface area contributed by atoms with Gasteiger partial charge in [-0.1, -0.05) is 76.6 Å². The van der Waals surface area contributed by atoms with Gasteiger partial charge in [-0.25, -0.2) is 4.98 Å². The van der Waals surface area contributed by atoms with Crippen LogP contribution in [0.15, 0.2) is 89.7 Å². The van der Waals surface area contributed by atoms with E-state index in [1.807, 2.05) is 60.7 Å². The highest BCUT2D eigenvalue weighted by Gasteiger charge is 2.22. The summed E-state index contributed by atoms with van der Waals surface area (Å²) in [5.74, 6) is -0.417. The molecule has 0 aliphatic carbocycles. The fourth-order valence-corrected chi connectivity index (χ4v) is 3.35. The molecule has 0 bridgehead atoms. The monoisotopic (exact) mass is 418 g/mol. The third-order valence-electron chi connectivity index (χ3n) is 4.27. The summed E-state index contributed by atoms with van der Waals surface area (Å²) < 4.78 is 2.20. The number of carbonyl (C=O) groups excluding carboxylic acids is 1. The summed E-state index contributed by atoms with van der Waals surface area (Å²) in [5, 5.41) is 10.2. The number of hydrogen-bond acceptors (Lipinski definition) is 3. The molecule has 0 radical (unpaired) electrons. The van der Waals surface area contributed by atoms with Gasteiger partial charge in [0.05, 0.1) is 17.0 Å². The number of hydrogen-bond donors (Lipinski definition) is 1. The van der Waals surface area contributed by atoms with Gasteiger partial charge in [-0.3, -0.25) is 9.36 Å². The van der Waals surface area contributed by atoms with Crippen LogP contribution in [0.5, 0.6) is 5.75 Å². The molecule has 4 aromatic rings. The molecule has 4 rings (SSSR count). The lowest BCUT2D eigenvalue weighted by Gasteiger charge is -2.11. The lowest BCUT2D eigenvalue weighted by atomic mass is 10.0. The van der Waals surface area contributed by atoms with Crippen LogP contribution in [0.4, 0.5) is 0 Å². The Morgan fingerprint density at radius 3 is 2.19 bits per heavy atom. The minimum atomic E-state index is -0.345. The number of benzene rings is 3. The number of aromatic nitrogens is 2. The smallest absolute Gasteiger partial charge is 0.267 e. The standard InChI is InChI=1S/C22H15BrN2O2/c23-17-11-12-19(26)18(13-17)22(27)25-14-24-20(15-7-3-1-4-8-15)21(25)16-9-5-2-6-10-16/h1-14,26H.